The third-order valence-electron chi connectivity index (χ3n) is 11.6. The number of anilines is 1. The van der Waals surface area contributed by atoms with Crippen molar-refractivity contribution in [2.45, 2.75) is 85.9 Å². The lowest BCUT2D eigenvalue weighted by molar-refractivity contribution is -0.155. The number of nitrogens with zero attached hydrogens (tertiary/aromatic N) is 3. The van der Waals surface area contributed by atoms with Crippen LogP contribution in [-0.4, -0.2) is 119 Å². The molecule has 5 N–H and O–H groups in total. The van der Waals surface area contributed by atoms with Gasteiger partial charge in [0.15, 0.2) is 5.75 Å². The van der Waals surface area contributed by atoms with Gasteiger partial charge >= 0.3 is 11.8 Å². The first-order valence-electron chi connectivity index (χ1n) is 19.7. The zero-order chi connectivity index (χ0) is 42.8. The number of likely N-dealkylation sites (N-methyl/N-ethyl adjacent to an activating group) is 1. The van der Waals surface area contributed by atoms with Crippen LogP contribution in [0.5, 0.6) is 23.0 Å². The number of ether oxygens (including phenoxy) is 4. The first kappa shape index (κ1) is 44.0. The number of amides is 1. The van der Waals surface area contributed by atoms with E-state index < -0.39 is 64.9 Å². The van der Waals surface area contributed by atoms with Gasteiger partial charge in [-0.15, -0.1) is 0 Å². The van der Waals surface area contributed by atoms with E-state index in [2.05, 4.69) is 15.3 Å². The number of Topliss-reactive ketones (excluding diaryl/α,β-unsaturated/α-hetero) is 1. The number of allylic oxidation sites excluding steroid dienone is 2. The van der Waals surface area contributed by atoms with Gasteiger partial charge in [-0.05, 0) is 45.2 Å². The fourth-order valence-electron chi connectivity index (χ4n) is 8.00. The molecule has 0 radical (unpaired) electrons. The number of benzene rings is 2. The molecule has 15 nitrogen and oxygen atoms in total. The minimum Gasteiger partial charge on any atom is -0.507 e. The van der Waals surface area contributed by atoms with Gasteiger partial charge in [-0.3, -0.25) is 19.4 Å². The highest BCUT2D eigenvalue weighted by atomic mass is 16.7. The van der Waals surface area contributed by atoms with Crippen LogP contribution in [0.4, 0.5) is 5.69 Å². The summed E-state index contributed by atoms with van der Waals surface area (Å²) in [6.07, 6.45) is 7.57. The number of aromatic hydroxyl groups is 3. The molecule has 1 saturated heterocycles. The van der Waals surface area contributed by atoms with Crippen LogP contribution in [0, 0.1) is 30.6 Å². The quantitative estimate of drug-likeness (QED) is 0.115. The number of hydrogen-bond acceptors (Lipinski definition) is 14. The van der Waals surface area contributed by atoms with Crippen LogP contribution in [-0.2, 0) is 23.8 Å². The average molecular weight is 807 g/mol. The van der Waals surface area contributed by atoms with Gasteiger partial charge in [0.05, 0.1) is 46.9 Å². The molecule has 4 aliphatic heterocycles. The van der Waals surface area contributed by atoms with Crippen molar-refractivity contribution in [3.05, 3.63) is 52.8 Å². The SMILES string of the molecule is CO[C@H]1/C=C/O[C@@]2(C)Oc3c(C)c(O)c4c(O)c(c(/C=N/N5CCN(C)CC5)c(O)c4c3C2=O)NC(=O)/C(C)=C/C=C/[C@H](C)[C@H](O)[C@@H](C)C[C@@H](C)[C@H](OC(C)=O)[C@@H]1C. The van der Waals surface area contributed by atoms with Crippen molar-refractivity contribution in [2.24, 2.45) is 28.8 Å². The monoisotopic (exact) mass is 806 g/mol. The van der Waals surface area contributed by atoms with E-state index in [1.807, 2.05) is 34.7 Å². The second kappa shape index (κ2) is 17.8. The molecule has 0 aliphatic carbocycles. The number of hydrazone groups is 1. The largest absolute Gasteiger partial charge is 0.507 e. The maximum Gasteiger partial charge on any atom is 0.312 e. The molecule has 0 unspecified atom stereocenters. The van der Waals surface area contributed by atoms with Gasteiger partial charge in [0.25, 0.3) is 11.7 Å². The average Bonchev–Trinajstić information content (AvgIpc) is 3.44. The number of piperazine rings is 1. The van der Waals surface area contributed by atoms with Crippen molar-refractivity contribution in [3.63, 3.8) is 0 Å². The Bertz CT molecular complexity index is 2040. The van der Waals surface area contributed by atoms with Crippen LogP contribution in [0.2, 0.25) is 0 Å². The highest BCUT2D eigenvalue weighted by Gasteiger charge is 2.50. The van der Waals surface area contributed by atoms with Crippen LogP contribution < -0.4 is 10.1 Å². The topological polar surface area (TPSA) is 200 Å². The molecule has 1 amide bonds. The Kier molecular flexibility index (Phi) is 13.5. The van der Waals surface area contributed by atoms with Gasteiger partial charge in [-0.25, -0.2) is 0 Å². The molecule has 15 heteroatoms. The third-order valence-corrected chi connectivity index (χ3v) is 11.6. The van der Waals surface area contributed by atoms with E-state index in [0.717, 1.165) is 13.1 Å². The Morgan fingerprint density at radius 3 is 2.31 bits per heavy atom. The first-order chi connectivity index (χ1) is 27.3. The van der Waals surface area contributed by atoms with Gasteiger partial charge < -0.3 is 49.6 Å². The summed E-state index contributed by atoms with van der Waals surface area (Å²) in [6.45, 7) is 16.0. The molecule has 4 heterocycles. The van der Waals surface area contributed by atoms with Gasteiger partial charge in [-0.2, -0.15) is 5.10 Å². The van der Waals surface area contributed by atoms with Gasteiger partial charge in [0, 0.05) is 75.5 Å². The minimum atomic E-state index is -2.00. The van der Waals surface area contributed by atoms with Crippen molar-refractivity contribution < 1.29 is 53.8 Å². The first-order valence-corrected chi connectivity index (χ1v) is 19.7. The fraction of sp³-hybridized carbons (Fsp3) is 0.535. The molecular formula is C43H58N4O11. The Hall–Kier alpha value is -5.12. The number of ketones is 1. The number of hydrogen-bond donors (Lipinski definition) is 5. The third kappa shape index (κ3) is 8.81. The normalized spacial score (nSPS) is 31.1. The standard InChI is InChI=1S/C43H58N4O11/c1-22-12-11-13-23(2)42(54)45-34-29(21-44-47-17-15-46(9)16-18-47)37(51)31-32(38(34)52)36(50)27(6)40-33(31)41(53)43(8,58-40)56-19-14-30(55-10)26(5)39(57-28(7)48)25(4)20-24(3)35(22)49/h11-14,19,21-22,24-26,30,35,39,49-52H,15-18,20H2,1-10H3,(H,45,54)/b12-11+,19-14+,23-13+,44-21+/t22-,24-,25+,26+,30-,35-,39-,43-/m0/s1. The molecular weight excluding hydrogens is 748 g/mol. The summed E-state index contributed by atoms with van der Waals surface area (Å²) < 4.78 is 23.8. The predicted octanol–water partition coefficient (Wildman–Crippen LogP) is 5.36. The molecule has 2 aromatic carbocycles. The summed E-state index contributed by atoms with van der Waals surface area (Å²) in [5.74, 6) is -6.71. The van der Waals surface area contributed by atoms with Crippen molar-refractivity contribution in [1.29, 1.82) is 0 Å². The lowest BCUT2D eigenvalue weighted by atomic mass is 9.80. The van der Waals surface area contributed by atoms with E-state index >= 15 is 0 Å². The van der Waals surface area contributed by atoms with E-state index in [1.54, 1.807) is 36.2 Å². The van der Waals surface area contributed by atoms with Gasteiger partial charge in [-0.1, -0.05) is 45.9 Å². The molecule has 2 aromatic rings. The van der Waals surface area contributed by atoms with Crippen LogP contribution in [0.25, 0.3) is 10.8 Å². The number of rotatable bonds is 4. The Labute approximate surface area is 339 Å². The maximum absolute atomic E-state index is 14.4. The van der Waals surface area contributed by atoms with Crippen LogP contribution in [0.1, 0.15) is 76.4 Å². The summed E-state index contributed by atoms with van der Waals surface area (Å²) >= 11 is 0. The Morgan fingerprint density at radius 2 is 1.67 bits per heavy atom. The number of esters is 1. The second-order valence-electron chi connectivity index (χ2n) is 16.1. The molecule has 0 saturated carbocycles. The zero-order valence-electron chi connectivity index (χ0n) is 35.0. The lowest BCUT2D eigenvalue weighted by Gasteiger charge is -2.34. The number of nitrogens with one attached hydrogen (secondary N) is 1. The number of carbonyl (C=O) groups excluding carboxylic acids is 3. The second-order valence-corrected chi connectivity index (χ2v) is 16.1. The van der Waals surface area contributed by atoms with Crippen LogP contribution in [0.15, 0.2) is 41.2 Å². The van der Waals surface area contributed by atoms with Crippen molar-refractivity contribution >= 4 is 40.3 Å². The van der Waals surface area contributed by atoms with Crippen LogP contribution in [0.3, 0.4) is 0 Å². The molecule has 316 valence electrons. The molecule has 58 heavy (non-hydrogen) atoms. The van der Waals surface area contributed by atoms with Crippen molar-refractivity contribution in [2.75, 3.05) is 45.7 Å². The molecule has 6 rings (SSSR count). The van der Waals surface area contributed by atoms with Gasteiger partial charge in [0.2, 0.25) is 0 Å². The number of carbonyl (C=O) groups is 3. The summed E-state index contributed by atoms with van der Waals surface area (Å²) in [5.41, 5.74) is -0.193. The zero-order valence-corrected chi connectivity index (χ0v) is 35.0. The van der Waals surface area contributed by atoms with Crippen LogP contribution >= 0.6 is 0 Å². The summed E-state index contributed by atoms with van der Waals surface area (Å²) in [4.78, 5) is 42.6. The highest BCUT2D eigenvalue weighted by Crippen LogP contribution is 2.55. The summed E-state index contributed by atoms with van der Waals surface area (Å²) in [6, 6.07) is 0. The van der Waals surface area contributed by atoms with E-state index in [4.69, 9.17) is 18.9 Å². The van der Waals surface area contributed by atoms with Gasteiger partial charge in [0.1, 0.15) is 23.4 Å². The smallest absolute Gasteiger partial charge is 0.312 e. The summed E-state index contributed by atoms with van der Waals surface area (Å²) in [7, 11) is 3.49. The Morgan fingerprint density at radius 1 is 1.00 bits per heavy atom. The van der Waals surface area contributed by atoms with E-state index in [9.17, 15) is 34.8 Å². The number of methoxy groups -OCH3 is 1. The molecule has 5 bridgehead atoms. The highest BCUT2D eigenvalue weighted by molar-refractivity contribution is 6.23. The van der Waals surface area contributed by atoms with E-state index in [1.165, 1.54) is 40.4 Å². The minimum absolute atomic E-state index is 0.0682. The molecule has 1 fully saturated rings. The van der Waals surface area contributed by atoms with Crippen molar-refractivity contribution in [3.8, 4) is 23.0 Å². The summed E-state index contributed by atoms with van der Waals surface area (Å²) in [5, 5.41) is 55.4. The predicted molar refractivity (Wildman–Crippen MR) is 219 cm³/mol. The number of aliphatic hydroxyl groups excluding tert-OH is 1. The molecule has 0 aromatic heterocycles. The lowest BCUT2D eigenvalue weighted by Crippen LogP contribution is -2.41. The number of fused-ring (bicyclic) bond motifs is 14. The number of phenolic OH excluding ortho intramolecular Hbond substituents is 3. The van der Waals surface area contributed by atoms with E-state index in [-0.39, 0.29) is 62.2 Å². The van der Waals surface area contributed by atoms with E-state index in [0.29, 0.717) is 19.5 Å². The molecule has 0 spiro atoms. The molecule has 4 aliphatic rings. The van der Waals surface area contributed by atoms with Crippen molar-refractivity contribution in [1.82, 2.24) is 9.91 Å². The molecule has 8 atom stereocenters. The Balaban J connectivity index is 1.69. The fourth-order valence-corrected chi connectivity index (χ4v) is 8.00. The number of aliphatic hydroxyl groups is 1. The number of phenols is 3. The maximum atomic E-state index is 14.4.